The first kappa shape index (κ1) is 12.0. The maximum Gasteiger partial charge on any atom is 0.0125 e. The van der Waals surface area contributed by atoms with Crippen molar-refractivity contribution in [2.75, 3.05) is 0 Å². The Kier molecular flexibility index (Phi) is 4.00. The first-order valence-electron chi connectivity index (χ1n) is 6.20. The van der Waals surface area contributed by atoms with Gasteiger partial charge in [-0.05, 0) is 51.4 Å². The molecule has 0 heterocycles. The van der Waals surface area contributed by atoms with Gasteiger partial charge in [-0.1, -0.05) is 20.8 Å². The van der Waals surface area contributed by atoms with Crippen LogP contribution in [0.3, 0.4) is 0 Å². The molecule has 1 aliphatic carbocycles. The Bertz CT molecular complexity index is 164. The molecule has 14 heavy (non-hydrogen) atoms. The van der Waals surface area contributed by atoms with E-state index in [9.17, 15) is 0 Å². The van der Waals surface area contributed by atoms with Gasteiger partial charge in [0.05, 0.1) is 0 Å². The van der Waals surface area contributed by atoms with Crippen LogP contribution in [-0.4, -0.2) is 11.6 Å². The molecule has 0 saturated heterocycles. The minimum atomic E-state index is 0.321. The summed E-state index contributed by atoms with van der Waals surface area (Å²) in [6.45, 7) is 11.7. The normalized spacial score (nSPS) is 34.5. The second-order valence-corrected chi connectivity index (χ2v) is 6.00. The predicted octanol–water partition coefficient (Wildman–Crippen LogP) is 3.59. The highest BCUT2D eigenvalue weighted by Crippen LogP contribution is 2.29. The topological polar surface area (TPSA) is 12.0 Å². The van der Waals surface area contributed by atoms with Crippen LogP contribution in [0, 0.1) is 11.8 Å². The molecule has 0 spiro atoms. The van der Waals surface area contributed by atoms with E-state index in [0.717, 1.165) is 17.9 Å². The van der Waals surface area contributed by atoms with Gasteiger partial charge in [0.25, 0.3) is 0 Å². The fourth-order valence-corrected chi connectivity index (χ4v) is 2.72. The smallest absolute Gasteiger partial charge is 0.0125 e. The van der Waals surface area contributed by atoms with Crippen molar-refractivity contribution in [1.29, 1.82) is 0 Å². The third-order valence-corrected chi connectivity index (χ3v) is 3.66. The lowest BCUT2D eigenvalue weighted by atomic mass is 9.79. The van der Waals surface area contributed by atoms with Gasteiger partial charge in [0.2, 0.25) is 0 Å². The monoisotopic (exact) mass is 197 g/mol. The summed E-state index contributed by atoms with van der Waals surface area (Å²) in [4.78, 5) is 0. The van der Waals surface area contributed by atoms with Gasteiger partial charge in [-0.3, -0.25) is 0 Å². The summed E-state index contributed by atoms with van der Waals surface area (Å²) in [5.41, 5.74) is 0.321. The molecule has 2 atom stereocenters. The van der Waals surface area contributed by atoms with Gasteiger partial charge >= 0.3 is 0 Å². The molecule has 0 aliphatic heterocycles. The summed E-state index contributed by atoms with van der Waals surface area (Å²) in [5.74, 6) is 1.81. The molecule has 0 aromatic rings. The van der Waals surface area contributed by atoms with Crippen LogP contribution in [0.4, 0.5) is 0 Å². The van der Waals surface area contributed by atoms with Crippen molar-refractivity contribution in [2.24, 2.45) is 11.8 Å². The van der Waals surface area contributed by atoms with Gasteiger partial charge in [0, 0.05) is 11.6 Å². The van der Waals surface area contributed by atoms with E-state index in [2.05, 4.69) is 39.9 Å². The van der Waals surface area contributed by atoms with Crippen LogP contribution in [0.5, 0.6) is 0 Å². The summed E-state index contributed by atoms with van der Waals surface area (Å²) < 4.78 is 0. The lowest BCUT2D eigenvalue weighted by molar-refractivity contribution is 0.199. The molecular formula is C13H27N. The molecular weight excluding hydrogens is 170 g/mol. The maximum absolute atomic E-state index is 3.81. The quantitative estimate of drug-likeness (QED) is 0.729. The number of nitrogens with one attached hydrogen (secondary N) is 1. The maximum atomic E-state index is 3.81. The van der Waals surface area contributed by atoms with Crippen molar-refractivity contribution in [3.8, 4) is 0 Å². The average molecular weight is 197 g/mol. The highest BCUT2D eigenvalue weighted by atomic mass is 15.0. The molecule has 1 rings (SSSR count). The lowest BCUT2D eigenvalue weighted by Crippen LogP contribution is -2.48. The van der Waals surface area contributed by atoms with Gasteiger partial charge in [-0.25, -0.2) is 0 Å². The van der Waals surface area contributed by atoms with Crippen LogP contribution in [-0.2, 0) is 0 Å². The molecule has 84 valence electrons. The van der Waals surface area contributed by atoms with E-state index in [1.165, 1.54) is 25.7 Å². The van der Waals surface area contributed by atoms with Gasteiger partial charge in [-0.15, -0.1) is 0 Å². The number of rotatable bonds is 3. The minimum absolute atomic E-state index is 0.321. The molecule has 0 aromatic carbocycles. The number of hydrogen-bond donors (Lipinski definition) is 1. The van der Waals surface area contributed by atoms with E-state index in [1.54, 1.807) is 0 Å². The van der Waals surface area contributed by atoms with Crippen molar-refractivity contribution in [1.82, 2.24) is 5.32 Å². The highest BCUT2D eigenvalue weighted by Gasteiger charge is 2.27. The molecule has 1 fully saturated rings. The average Bonchev–Trinajstić information content (AvgIpc) is 2.01. The molecule has 1 nitrogen and oxygen atoms in total. The van der Waals surface area contributed by atoms with Crippen LogP contribution in [0.1, 0.15) is 60.3 Å². The summed E-state index contributed by atoms with van der Waals surface area (Å²) in [5, 5.41) is 3.81. The molecule has 0 bridgehead atoms. The standard InChI is InChI=1S/C13H27N/c1-6-13(4,5)14-12-8-10(2)7-11(3)9-12/h10-12,14H,6-9H2,1-5H3. The van der Waals surface area contributed by atoms with Gasteiger partial charge < -0.3 is 5.32 Å². The Hall–Kier alpha value is -0.0400. The molecule has 1 N–H and O–H groups in total. The Morgan fingerprint density at radius 3 is 2.00 bits per heavy atom. The zero-order valence-electron chi connectivity index (χ0n) is 10.6. The predicted molar refractivity (Wildman–Crippen MR) is 63.5 cm³/mol. The van der Waals surface area contributed by atoms with Crippen LogP contribution in [0.15, 0.2) is 0 Å². The van der Waals surface area contributed by atoms with Crippen LogP contribution in [0.2, 0.25) is 0 Å². The first-order valence-corrected chi connectivity index (χ1v) is 6.20. The fourth-order valence-electron chi connectivity index (χ4n) is 2.72. The lowest BCUT2D eigenvalue weighted by Gasteiger charge is -2.37. The third-order valence-electron chi connectivity index (χ3n) is 3.66. The zero-order chi connectivity index (χ0) is 10.8. The molecule has 0 radical (unpaired) electrons. The summed E-state index contributed by atoms with van der Waals surface area (Å²) in [7, 11) is 0. The van der Waals surface area contributed by atoms with Crippen molar-refractivity contribution < 1.29 is 0 Å². The van der Waals surface area contributed by atoms with Crippen molar-refractivity contribution in [3.63, 3.8) is 0 Å². The van der Waals surface area contributed by atoms with Crippen molar-refractivity contribution >= 4 is 0 Å². The van der Waals surface area contributed by atoms with Gasteiger partial charge in [-0.2, -0.15) is 0 Å². The Balaban J connectivity index is 2.44. The van der Waals surface area contributed by atoms with Crippen LogP contribution >= 0.6 is 0 Å². The van der Waals surface area contributed by atoms with Crippen molar-refractivity contribution in [2.45, 2.75) is 71.9 Å². The Morgan fingerprint density at radius 2 is 1.57 bits per heavy atom. The first-order chi connectivity index (χ1) is 6.43. The molecule has 1 saturated carbocycles. The molecule has 1 aliphatic rings. The molecule has 1 heteroatoms. The second kappa shape index (κ2) is 4.65. The summed E-state index contributed by atoms with van der Waals surface area (Å²) >= 11 is 0. The van der Waals surface area contributed by atoms with Crippen molar-refractivity contribution in [3.05, 3.63) is 0 Å². The summed E-state index contributed by atoms with van der Waals surface area (Å²) in [6.07, 6.45) is 5.37. The van der Waals surface area contributed by atoms with Gasteiger partial charge in [0.15, 0.2) is 0 Å². The second-order valence-electron chi connectivity index (χ2n) is 6.00. The van der Waals surface area contributed by atoms with E-state index in [0.29, 0.717) is 5.54 Å². The SMILES string of the molecule is CCC(C)(C)NC1CC(C)CC(C)C1. The highest BCUT2D eigenvalue weighted by molar-refractivity contribution is 4.86. The minimum Gasteiger partial charge on any atom is -0.309 e. The largest absolute Gasteiger partial charge is 0.309 e. The third kappa shape index (κ3) is 3.61. The Morgan fingerprint density at radius 1 is 1.07 bits per heavy atom. The van der Waals surface area contributed by atoms with E-state index in [1.807, 2.05) is 0 Å². The molecule has 0 amide bonds. The van der Waals surface area contributed by atoms with Crippen LogP contribution in [0.25, 0.3) is 0 Å². The fraction of sp³-hybridized carbons (Fsp3) is 1.00. The van der Waals surface area contributed by atoms with E-state index >= 15 is 0 Å². The van der Waals surface area contributed by atoms with E-state index in [4.69, 9.17) is 0 Å². The van der Waals surface area contributed by atoms with E-state index in [-0.39, 0.29) is 0 Å². The zero-order valence-corrected chi connectivity index (χ0v) is 10.6. The Labute approximate surface area is 89.7 Å². The summed E-state index contributed by atoms with van der Waals surface area (Å²) in [6, 6.07) is 0.753. The molecule has 0 aromatic heterocycles. The van der Waals surface area contributed by atoms with Gasteiger partial charge in [0.1, 0.15) is 0 Å². The molecule has 2 unspecified atom stereocenters. The number of hydrogen-bond acceptors (Lipinski definition) is 1. The van der Waals surface area contributed by atoms with E-state index < -0.39 is 0 Å². The van der Waals surface area contributed by atoms with Crippen LogP contribution < -0.4 is 5.32 Å².